The van der Waals surface area contributed by atoms with Crippen molar-refractivity contribution in [1.29, 1.82) is 0 Å². The lowest BCUT2D eigenvalue weighted by Gasteiger charge is -2.22. The summed E-state index contributed by atoms with van der Waals surface area (Å²) in [6.45, 7) is 7.75. The molecule has 6 N–H and O–H groups in total. The summed E-state index contributed by atoms with van der Waals surface area (Å²) >= 11 is 0. The van der Waals surface area contributed by atoms with Gasteiger partial charge in [0.15, 0.2) is 0 Å². The number of primary amides is 1. The average Bonchev–Trinajstić information content (AvgIpc) is 3.44. The van der Waals surface area contributed by atoms with Crippen molar-refractivity contribution >= 4 is 53.1 Å². The number of unbranched alkanes of at least 4 members (excludes halogenated alkanes) is 2. The lowest BCUT2D eigenvalue weighted by Crippen LogP contribution is -2.51. The highest BCUT2D eigenvalue weighted by Crippen LogP contribution is 2.20. The number of aryl methyl sites for hydroxylation is 1. The highest BCUT2D eigenvalue weighted by molar-refractivity contribution is 6.12. The van der Waals surface area contributed by atoms with Gasteiger partial charge in [-0.05, 0) is 61.4 Å². The van der Waals surface area contributed by atoms with Gasteiger partial charge < -0.3 is 36.5 Å². The summed E-state index contributed by atoms with van der Waals surface area (Å²) in [7, 11) is 0. The number of anilines is 1. The molecule has 2 aromatic carbocycles. The molecule has 18 heteroatoms. The first-order valence-corrected chi connectivity index (χ1v) is 17.2. The number of hydrogen-bond acceptors (Lipinski definition) is 11. The van der Waals surface area contributed by atoms with Gasteiger partial charge in [-0.25, -0.2) is 9.59 Å². The fourth-order valence-corrected chi connectivity index (χ4v) is 4.74. The number of benzene rings is 2. The third kappa shape index (κ3) is 15.9. The molecule has 1 unspecified atom stereocenters. The molecule has 2 aromatic rings. The van der Waals surface area contributed by atoms with Crippen LogP contribution in [0.5, 0.6) is 5.75 Å². The van der Waals surface area contributed by atoms with E-state index in [1.54, 1.807) is 39.0 Å². The molecule has 0 radical (unpaired) electrons. The van der Waals surface area contributed by atoms with E-state index in [9.17, 15) is 43.7 Å². The minimum Gasteiger partial charge on any atom is -0.429 e. The predicted molar refractivity (Wildman–Crippen MR) is 196 cm³/mol. The molecule has 7 amide bonds. The summed E-state index contributed by atoms with van der Waals surface area (Å²) in [4.78, 5) is 94.2. The Balaban J connectivity index is 0.00000131. The number of nitrogens with zero attached hydrogens (tertiary/aromatic N) is 2. The SMILES string of the molecule is CCCNC(N)=O.Cc1cc(COC(=O)Oc2ccc([N+](=O)[O-])cc2)ccc1NC(=O)CNC(=O)C(NC(=O)CCCCCN1C(=O)C=CC1=O)C(C)C. The maximum Gasteiger partial charge on any atom is 0.514 e. The third-order valence-corrected chi connectivity index (χ3v) is 7.59. The minimum atomic E-state index is -0.996. The fourth-order valence-electron chi connectivity index (χ4n) is 4.74. The van der Waals surface area contributed by atoms with Gasteiger partial charge in [-0.3, -0.25) is 39.0 Å². The van der Waals surface area contributed by atoms with E-state index in [0.29, 0.717) is 42.6 Å². The molecule has 1 atom stereocenters. The molecular weight excluding hydrogens is 706 g/mol. The highest BCUT2D eigenvalue weighted by Gasteiger charge is 2.25. The Hall–Kier alpha value is -6.33. The quantitative estimate of drug-likeness (QED) is 0.0368. The maximum atomic E-state index is 12.8. The first kappa shape index (κ1) is 43.8. The van der Waals surface area contributed by atoms with Crippen molar-refractivity contribution in [2.24, 2.45) is 11.7 Å². The molecule has 0 aliphatic carbocycles. The average molecular weight is 754 g/mol. The van der Waals surface area contributed by atoms with Crippen LogP contribution in [-0.4, -0.2) is 77.2 Å². The molecule has 0 saturated heterocycles. The number of nitrogens with two attached hydrogens (primary N) is 1. The maximum absolute atomic E-state index is 12.8. The molecule has 292 valence electrons. The van der Waals surface area contributed by atoms with E-state index in [1.807, 2.05) is 6.92 Å². The molecule has 1 aliphatic heterocycles. The van der Waals surface area contributed by atoms with Gasteiger partial charge in [-0.15, -0.1) is 0 Å². The van der Waals surface area contributed by atoms with E-state index in [2.05, 4.69) is 21.3 Å². The third-order valence-electron chi connectivity index (χ3n) is 7.59. The number of urea groups is 1. The largest absolute Gasteiger partial charge is 0.514 e. The Morgan fingerprint density at radius 1 is 0.926 bits per heavy atom. The number of hydrogen-bond donors (Lipinski definition) is 5. The van der Waals surface area contributed by atoms with Crippen molar-refractivity contribution in [1.82, 2.24) is 20.9 Å². The van der Waals surface area contributed by atoms with Crippen molar-refractivity contribution in [2.45, 2.75) is 72.4 Å². The van der Waals surface area contributed by atoms with Crippen molar-refractivity contribution in [3.8, 4) is 5.75 Å². The van der Waals surface area contributed by atoms with Crippen LogP contribution < -0.4 is 31.7 Å². The number of non-ortho nitro benzene ring substituents is 1. The Morgan fingerprint density at radius 2 is 1.59 bits per heavy atom. The molecule has 54 heavy (non-hydrogen) atoms. The van der Waals surface area contributed by atoms with E-state index >= 15 is 0 Å². The van der Waals surface area contributed by atoms with Crippen molar-refractivity contribution in [3.63, 3.8) is 0 Å². The van der Waals surface area contributed by atoms with Crippen LogP contribution in [0.4, 0.5) is 21.0 Å². The Kier molecular flexibility index (Phi) is 18.3. The molecule has 0 saturated carbocycles. The zero-order valence-electron chi connectivity index (χ0n) is 30.7. The smallest absolute Gasteiger partial charge is 0.429 e. The first-order chi connectivity index (χ1) is 25.6. The van der Waals surface area contributed by atoms with Crippen LogP contribution in [0.1, 0.15) is 64.0 Å². The van der Waals surface area contributed by atoms with Gasteiger partial charge in [0.2, 0.25) is 17.7 Å². The Bertz CT molecular complexity index is 1680. The van der Waals surface area contributed by atoms with Crippen LogP contribution >= 0.6 is 0 Å². The molecule has 3 rings (SSSR count). The van der Waals surface area contributed by atoms with E-state index in [0.717, 1.165) is 11.3 Å². The van der Waals surface area contributed by atoms with Gasteiger partial charge in [-0.1, -0.05) is 39.3 Å². The van der Waals surface area contributed by atoms with Crippen LogP contribution in [0.15, 0.2) is 54.6 Å². The second kappa shape index (κ2) is 22.6. The minimum absolute atomic E-state index is 0.0850. The Labute approximate surface area is 312 Å². The number of ether oxygens (including phenoxy) is 2. The van der Waals surface area contributed by atoms with Gasteiger partial charge in [0, 0.05) is 49.5 Å². The summed E-state index contributed by atoms with van der Waals surface area (Å²) < 4.78 is 10.1. The molecule has 0 bridgehead atoms. The molecule has 18 nitrogen and oxygen atoms in total. The Morgan fingerprint density at radius 3 is 2.15 bits per heavy atom. The lowest BCUT2D eigenvalue weighted by molar-refractivity contribution is -0.384. The number of imide groups is 1. The second-order valence-corrected chi connectivity index (χ2v) is 12.4. The standard InChI is InChI=1S/C32H37N5O10.C4H10N2O/c1-20(2)30(35-26(38)7-5-4-6-16-36-28(40)14-15-29(36)41)31(42)33-18-27(39)34-25-13-8-22(17-21(25)3)19-46-32(43)47-24-11-9-23(10-12-24)37(44)45;1-2-3-6-4(5)7/h8-15,17,20,30H,4-7,16,18-19H2,1-3H3,(H,33,42)(H,34,39)(H,35,38);2-3H2,1H3,(H3,5,6,7). The number of nitro benzene ring substituents is 1. The molecule has 0 aromatic heterocycles. The molecular formula is C36H47N7O11. The zero-order chi connectivity index (χ0) is 40.2. The number of carbonyl (C=O) groups excluding carboxylic acids is 7. The topological polar surface area (TPSA) is 258 Å². The fraction of sp³-hybridized carbons (Fsp3) is 0.417. The summed E-state index contributed by atoms with van der Waals surface area (Å²) in [5, 5.41) is 21.1. The summed E-state index contributed by atoms with van der Waals surface area (Å²) in [6, 6.07) is 8.59. The molecule has 1 aliphatic rings. The van der Waals surface area contributed by atoms with Crippen LogP contribution in [0, 0.1) is 23.0 Å². The predicted octanol–water partition coefficient (Wildman–Crippen LogP) is 3.36. The van der Waals surface area contributed by atoms with Gasteiger partial charge in [0.1, 0.15) is 18.4 Å². The van der Waals surface area contributed by atoms with E-state index in [1.165, 1.54) is 36.4 Å². The summed E-state index contributed by atoms with van der Waals surface area (Å²) in [5.41, 5.74) is 6.33. The molecule has 0 fully saturated rings. The molecule has 0 spiro atoms. The van der Waals surface area contributed by atoms with Gasteiger partial charge >= 0.3 is 12.2 Å². The zero-order valence-corrected chi connectivity index (χ0v) is 30.7. The first-order valence-electron chi connectivity index (χ1n) is 17.2. The van der Waals surface area contributed by atoms with Crippen LogP contribution in [0.2, 0.25) is 0 Å². The number of rotatable bonds is 18. The van der Waals surface area contributed by atoms with E-state index in [-0.39, 0.29) is 61.2 Å². The second-order valence-electron chi connectivity index (χ2n) is 12.4. The van der Waals surface area contributed by atoms with Crippen LogP contribution in [-0.2, 0) is 35.3 Å². The number of nitro groups is 1. The van der Waals surface area contributed by atoms with Gasteiger partial charge in [0.25, 0.3) is 17.5 Å². The number of amides is 7. The highest BCUT2D eigenvalue weighted by atomic mass is 16.7. The van der Waals surface area contributed by atoms with Crippen molar-refractivity contribution in [3.05, 3.63) is 75.9 Å². The van der Waals surface area contributed by atoms with Crippen LogP contribution in [0.25, 0.3) is 0 Å². The van der Waals surface area contributed by atoms with Gasteiger partial charge in [-0.2, -0.15) is 0 Å². The number of carbonyl (C=O) groups is 7. The van der Waals surface area contributed by atoms with E-state index < -0.39 is 35.0 Å². The van der Waals surface area contributed by atoms with E-state index in [4.69, 9.17) is 15.2 Å². The molecule has 1 heterocycles. The van der Waals surface area contributed by atoms with Crippen molar-refractivity contribution < 1.29 is 48.0 Å². The normalized spacial score (nSPS) is 12.3. The van der Waals surface area contributed by atoms with Crippen molar-refractivity contribution in [2.75, 3.05) is 25.0 Å². The summed E-state index contributed by atoms with van der Waals surface area (Å²) in [5.74, 6) is -2.16. The summed E-state index contributed by atoms with van der Waals surface area (Å²) in [6.07, 6.45) is 4.25. The van der Waals surface area contributed by atoms with Crippen LogP contribution in [0.3, 0.4) is 0 Å². The monoisotopic (exact) mass is 753 g/mol. The number of nitrogens with one attached hydrogen (secondary N) is 4. The van der Waals surface area contributed by atoms with Gasteiger partial charge in [0.05, 0.1) is 11.5 Å². The lowest BCUT2D eigenvalue weighted by atomic mass is 10.0.